The van der Waals surface area contributed by atoms with Gasteiger partial charge in [0.1, 0.15) is 11.6 Å². The molecule has 35 heavy (non-hydrogen) atoms. The smallest absolute Gasteiger partial charge is 0.323 e. The van der Waals surface area contributed by atoms with E-state index in [4.69, 9.17) is 14.4 Å². The fraction of sp³-hybridized carbons (Fsp3) is 0.462. The topological polar surface area (TPSA) is 103 Å². The van der Waals surface area contributed by atoms with Crippen LogP contribution in [0.3, 0.4) is 0 Å². The Hall–Kier alpha value is -3.46. The van der Waals surface area contributed by atoms with E-state index in [0.717, 1.165) is 50.0 Å². The molecule has 0 atom stereocenters. The van der Waals surface area contributed by atoms with Gasteiger partial charge < -0.3 is 15.1 Å². The number of benzene rings is 1. The summed E-state index contributed by atoms with van der Waals surface area (Å²) in [4.78, 5) is 27.3. The van der Waals surface area contributed by atoms with Gasteiger partial charge in [-0.2, -0.15) is 14.6 Å². The van der Waals surface area contributed by atoms with Gasteiger partial charge in [-0.15, -0.1) is 0 Å². The van der Waals surface area contributed by atoms with Crippen molar-refractivity contribution in [2.75, 3.05) is 11.9 Å². The average Bonchev–Trinajstić information content (AvgIpc) is 3.82. The van der Waals surface area contributed by atoms with Gasteiger partial charge in [-0.05, 0) is 68.2 Å². The van der Waals surface area contributed by atoms with Crippen LogP contribution in [0.4, 0.5) is 11.6 Å². The van der Waals surface area contributed by atoms with Crippen molar-refractivity contribution in [2.24, 2.45) is 0 Å². The molecule has 1 spiro atoms. The normalized spacial score (nSPS) is 21.3. The third kappa shape index (κ3) is 2.97. The molecular formula is C26H27N7O2. The zero-order valence-corrected chi connectivity index (χ0v) is 19.7. The van der Waals surface area contributed by atoms with Crippen LogP contribution in [-0.4, -0.2) is 30.9 Å². The molecule has 3 saturated carbocycles. The minimum atomic E-state index is -0.0950. The summed E-state index contributed by atoms with van der Waals surface area (Å²) in [6.07, 6.45) is 10.9. The molecule has 1 aliphatic heterocycles. The third-order valence-corrected chi connectivity index (χ3v) is 8.29. The number of fused-ring (bicyclic) bond motifs is 3. The second-order valence-corrected chi connectivity index (χ2v) is 11.0. The first-order chi connectivity index (χ1) is 17.0. The van der Waals surface area contributed by atoms with Gasteiger partial charge in [-0.3, -0.25) is 4.79 Å². The molecule has 0 bridgehead atoms. The number of hydrogen-bond acceptors (Lipinski definition) is 7. The maximum absolute atomic E-state index is 13.3. The van der Waals surface area contributed by atoms with Gasteiger partial charge in [0.25, 0.3) is 5.56 Å². The Bertz CT molecular complexity index is 1570. The minimum absolute atomic E-state index is 0.0815. The average molecular weight is 470 g/mol. The number of aromatic nitrogens is 5. The summed E-state index contributed by atoms with van der Waals surface area (Å²) >= 11 is 0. The van der Waals surface area contributed by atoms with Crippen molar-refractivity contribution in [3.8, 4) is 6.01 Å². The van der Waals surface area contributed by atoms with Crippen molar-refractivity contribution in [3.05, 3.63) is 57.8 Å². The molecule has 3 fully saturated rings. The lowest BCUT2D eigenvalue weighted by atomic mass is 9.92. The lowest BCUT2D eigenvalue weighted by Gasteiger charge is -2.27. The highest BCUT2D eigenvalue weighted by atomic mass is 16.4. The number of nitrogens with one attached hydrogen (secondary N) is 2. The molecule has 1 aromatic carbocycles. The van der Waals surface area contributed by atoms with E-state index in [1.807, 2.05) is 0 Å². The first-order valence-corrected chi connectivity index (χ1v) is 12.7. The van der Waals surface area contributed by atoms with E-state index in [2.05, 4.69) is 40.7 Å². The van der Waals surface area contributed by atoms with E-state index in [1.165, 1.54) is 24.0 Å². The number of nitrogens with zero attached hydrogens (tertiary/aromatic N) is 5. The third-order valence-electron chi connectivity index (χ3n) is 8.29. The Morgan fingerprint density at radius 2 is 2.03 bits per heavy atom. The van der Waals surface area contributed by atoms with E-state index < -0.39 is 0 Å². The first-order valence-electron chi connectivity index (χ1n) is 12.7. The number of hydrogen-bond donors (Lipinski definition) is 2. The van der Waals surface area contributed by atoms with Crippen LogP contribution in [0.25, 0.3) is 17.0 Å². The van der Waals surface area contributed by atoms with Gasteiger partial charge in [-0.25, -0.2) is 9.67 Å². The van der Waals surface area contributed by atoms with E-state index in [-0.39, 0.29) is 22.6 Å². The molecule has 9 nitrogen and oxygen atoms in total. The second-order valence-electron chi connectivity index (χ2n) is 11.0. The molecule has 4 aliphatic rings. The predicted octanol–water partition coefficient (Wildman–Crippen LogP) is 3.84. The van der Waals surface area contributed by atoms with Gasteiger partial charge >= 0.3 is 6.01 Å². The maximum Gasteiger partial charge on any atom is 0.323 e. The quantitative estimate of drug-likeness (QED) is 0.458. The zero-order chi connectivity index (χ0) is 23.4. The van der Waals surface area contributed by atoms with Crippen molar-refractivity contribution in [1.29, 1.82) is 0 Å². The molecular weight excluding hydrogens is 442 g/mol. The van der Waals surface area contributed by atoms with E-state index in [1.54, 1.807) is 21.8 Å². The summed E-state index contributed by atoms with van der Waals surface area (Å²) in [7, 11) is 0. The molecule has 4 aromatic rings. The lowest BCUT2D eigenvalue weighted by molar-refractivity contribution is 0.454. The molecule has 0 unspecified atom stereocenters. The molecule has 9 heteroatoms. The van der Waals surface area contributed by atoms with Gasteiger partial charge in [-0.1, -0.05) is 13.0 Å². The summed E-state index contributed by atoms with van der Waals surface area (Å²) in [6, 6.07) is 7.07. The fourth-order valence-electron chi connectivity index (χ4n) is 5.55. The van der Waals surface area contributed by atoms with Crippen LogP contribution in [0.2, 0.25) is 0 Å². The molecule has 0 amide bonds. The second kappa shape index (κ2) is 6.60. The SMILES string of the molecule is CC1(c2coc(-n3c4nc(Nc5ccc6c(c5)CCNC65CC5)ncc4c(=O)n3C3CC3)n2)CC1. The summed E-state index contributed by atoms with van der Waals surface area (Å²) in [5.41, 5.74) is 5.41. The number of rotatable bonds is 5. The predicted molar refractivity (Wildman–Crippen MR) is 130 cm³/mol. The van der Waals surface area contributed by atoms with E-state index >= 15 is 0 Å². The number of oxazole rings is 1. The van der Waals surface area contributed by atoms with Crippen molar-refractivity contribution in [3.63, 3.8) is 0 Å². The Morgan fingerprint density at radius 3 is 2.80 bits per heavy atom. The van der Waals surface area contributed by atoms with Crippen molar-refractivity contribution in [2.45, 2.75) is 68.9 Å². The molecule has 0 radical (unpaired) electrons. The van der Waals surface area contributed by atoms with Crippen LogP contribution >= 0.6 is 0 Å². The van der Waals surface area contributed by atoms with E-state index in [9.17, 15) is 4.79 Å². The standard InChI is InChI=1S/C26H27N7O2/c1-25(7-8-25)20-14-35-24(30-20)33-21-18(22(34)32(33)17-3-4-17)13-27-23(31-21)29-16-2-5-19-15(12-16)6-11-28-26(19)9-10-26/h2,5,12-14,17,28H,3-4,6-11H2,1H3,(H,27,29,31). The molecule has 4 heterocycles. The summed E-state index contributed by atoms with van der Waals surface area (Å²) in [5, 5.41) is 7.52. The van der Waals surface area contributed by atoms with Crippen molar-refractivity contribution in [1.82, 2.24) is 29.6 Å². The Kier molecular flexibility index (Phi) is 3.74. The highest BCUT2D eigenvalue weighted by molar-refractivity contribution is 5.76. The van der Waals surface area contributed by atoms with Crippen LogP contribution in [0.1, 0.15) is 68.3 Å². The molecule has 2 N–H and O–H groups in total. The van der Waals surface area contributed by atoms with E-state index in [0.29, 0.717) is 23.0 Å². The molecule has 3 aromatic heterocycles. The van der Waals surface area contributed by atoms with Gasteiger partial charge in [0.15, 0.2) is 5.65 Å². The largest absolute Gasteiger partial charge is 0.430 e. The highest BCUT2D eigenvalue weighted by Gasteiger charge is 2.46. The number of anilines is 2. The van der Waals surface area contributed by atoms with Crippen LogP contribution < -0.4 is 16.2 Å². The van der Waals surface area contributed by atoms with Crippen LogP contribution in [-0.2, 0) is 17.4 Å². The molecule has 0 saturated heterocycles. The van der Waals surface area contributed by atoms with Gasteiger partial charge in [0.05, 0.1) is 11.7 Å². The Balaban J connectivity index is 1.21. The molecule has 3 aliphatic carbocycles. The van der Waals surface area contributed by atoms with Crippen molar-refractivity contribution < 1.29 is 4.42 Å². The summed E-state index contributed by atoms with van der Waals surface area (Å²) in [5.74, 6) is 0.454. The van der Waals surface area contributed by atoms with Crippen LogP contribution in [0, 0.1) is 0 Å². The van der Waals surface area contributed by atoms with Crippen LogP contribution in [0.5, 0.6) is 0 Å². The lowest BCUT2D eigenvalue weighted by Crippen LogP contribution is -2.36. The molecule has 8 rings (SSSR count). The molecule has 178 valence electrons. The summed E-state index contributed by atoms with van der Waals surface area (Å²) < 4.78 is 9.41. The van der Waals surface area contributed by atoms with Crippen molar-refractivity contribution >= 4 is 22.7 Å². The van der Waals surface area contributed by atoms with Crippen LogP contribution in [0.15, 0.2) is 39.9 Å². The van der Waals surface area contributed by atoms with Gasteiger partial charge in [0, 0.05) is 29.4 Å². The zero-order valence-electron chi connectivity index (χ0n) is 19.7. The minimum Gasteiger partial charge on any atom is -0.430 e. The summed E-state index contributed by atoms with van der Waals surface area (Å²) in [6.45, 7) is 3.21. The fourth-order valence-corrected chi connectivity index (χ4v) is 5.55. The Labute approximate surface area is 201 Å². The first kappa shape index (κ1) is 19.8. The highest BCUT2D eigenvalue weighted by Crippen LogP contribution is 2.49. The maximum atomic E-state index is 13.3. The van der Waals surface area contributed by atoms with Gasteiger partial charge in [0.2, 0.25) is 5.95 Å². The Morgan fingerprint density at radius 1 is 1.17 bits per heavy atom. The monoisotopic (exact) mass is 469 g/mol.